The number of aryl methyl sites for hydroxylation is 2. The van der Waals surface area contributed by atoms with Crippen molar-refractivity contribution in [3.05, 3.63) is 42.4 Å². The van der Waals surface area contributed by atoms with E-state index >= 15 is 0 Å². The van der Waals surface area contributed by atoms with E-state index in [4.69, 9.17) is 0 Å². The first-order valence-corrected chi connectivity index (χ1v) is 10.2. The highest BCUT2D eigenvalue weighted by molar-refractivity contribution is 7.89. The number of hydrogen-bond donors (Lipinski definition) is 1. The number of anilines is 1. The van der Waals surface area contributed by atoms with Gasteiger partial charge in [0.1, 0.15) is 0 Å². The Balaban J connectivity index is 1.60. The Kier molecular flexibility index (Phi) is 5.43. The predicted octanol–water partition coefficient (Wildman–Crippen LogP) is 2.02. The molecule has 1 amide bonds. The van der Waals surface area contributed by atoms with Crippen LogP contribution >= 0.6 is 0 Å². The number of hydrogen-bond acceptors (Lipinski definition) is 4. The van der Waals surface area contributed by atoms with Gasteiger partial charge in [0.05, 0.1) is 6.33 Å². The molecule has 0 radical (unpaired) electrons. The summed E-state index contributed by atoms with van der Waals surface area (Å²) < 4.78 is 28.2. The Morgan fingerprint density at radius 2 is 2.04 bits per heavy atom. The van der Waals surface area contributed by atoms with Crippen LogP contribution in [-0.4, -0.2) is 41.3 Å². The van der Waals surface area contributed by atoms with Gasteiger partial charge in [0, 0.05) is 37.9 Å². The van der Waals surface area contributed by atoms with E-state index in [9.17, 15) is 13.2 Å². The van der Waals surface area contributed by atoms with Gasteiger partial charge in [-0.1, -0.05) is 19.1 Å². The zero-order chi connectivity index (χ0) is 18.7. The molecule has 1 aromatic carbocycles. The molecule has 8 heteroatoms. The van der Waals surface area contributed by atoms with E-state index in [0.29, 0.717) is 25.9 Å². The number of rotatable bonds is 5. The third kappa shape index (κ3) is 3.96. The molecule has 1 fully saturated rings. The van der Waals surface area contributed by atoms with Gasteiger partial charge in [0.15, 0.2) is 5.03 Å². The van der Waals surface area contributed by atoms with Crippen LogP contribution < -0.4 is 5.32 Å². The van der Waals surface area contributed by atoms with Gasteiger partial charge in [-0.15, -0.1) is 0 Å². The molecule has 3 rings (SSSR count). The van der Waals surface area contributed by atoms with Crippen LogP contribution in [0.3, 0.4) is 0 Å². The standard InChI is InChI=1S/C18H24N4O3S/c1-3-14-5-4-6-16(11-14)20-18(23)15-7-9-22(10-8-15)26(24,25)17-12-21(2)13-19-17/h4-6,11-13,15H,3,7-10H2,1-2H3,(H,20,23). The summed E-state index contributed by atoms with van der Waals surface area (Å²) in [7, 11) is -1.86. The zero-order valence-corrected chi connectivity index (χ0v) is 15.9. The number of nitrogens with one attached hydrogen (secondary N) is 1. The molecule has 1 N–H and O–H groups in total. The van der Waals surface area contributed by atoms with Crippen molar-refractivity contribution in [2.45, 2.75) is 31.2 Å². The lowest BCUT2D eigenvalue weighted by molar-refractivity contribution is -0.120. The maximum absolute atomic E-state index is 12.6. The van der Waals surface area contributed by atoms with Gasteiger partial charge in [-0.3, -0.25) is 4.79 Å². The van der Waals surface area contributed by atoms with Crippen LogP contribution in [0.15, 0.2) is 41.8 Å². The van der Waals surface area contributed by atoms with Crippen LogP contribution in [0.5, 0.6) is 0 Å². The predicted molar refractivity (Wildman–Crippen MR) is 99.1 cm³/mol. The van der Waals surface area contributed by atoms with E-state index in [2.05, 4.69) is 17.2 Å². The molecule has 0 aliphatic carbocycles. The zero-order valence-electron chi connectivity index (χ0n) is 15.1. The van der Waals surface area contributed by atoms with Crippen LogP contribution in [0.25, 0.3) is 0 Å². The van der Waals surface area contributed by atoms with Crippen molar-refractivity contribution in [2.75, 3.05) is 18.4 Å². The third-order valence-corrected chi connectivity index (χ3v) is 6.50. The molecule has 26 heavy (non-hydrogen) atoms. The summed E-state index contributed by atoms with van der Waals surface area (Å²) in [4.78, 5) is 16.4. The van der Waals surface area contributed by atoms with Gasteiger partial charge >= 0.3 is 0 Å². The lowest BCUT2D eigenvalue weighted by atomic mass is 9.97. The molecule has 0 spiro atoms. The molecular weight excluding hydrogens is 352 g/mol. The minimum atomic E-state index is -3.59. The van der Waals surface area contributed by atoms with Gasteiger partial charge in [-0.05, 0) is 37.0 Å². The number of aromatic nitrogens is 2. The van der Waals surface area contributed by atoms with E-state index in [1.54, 1.807) is 11.6 Å². The molecule has 1 aliphatic rings. The molecule has 0 saturated carbocycles. The highest BCUT2D eigenvalue weighted by atomic mass is 32.2. The van der Waals surface area contributed by atoms with E-state index in [1.165, 1.54) is 22.4 Å². The number of piperidine rings is 1. The normalized spacial score (nSPS) is 16.5. The van der Waals surface area contributed by atoms with Crippen LogP contribution in [0.4, 0.5) is 5.69 Å². The van der Waals surface area contributed by atoms with Gasteiger partial charge in [-0.25, -0.2) is 13.4 Å². The summed E-state index contributed by atoms with van der Waals surface area (Å²) in [5, 5.41) is 3.01. The topological polar surface area (TPSA) is 84.3 Å². The molecule has 140 valence electrons. The average molecular weight is 376 g/mol. The van der Waals surface area contributed by atoms with Crippen molar-refractivity contribution in [3.8, 4) is 0 Å². The lowest BCUT2D eigenvalue weighted by Crippen LogP contribution is -2.41. The number of benzene rings is 1. The Bertz CT molecular complexity index is 883. The minimum absolute atomic E-state index is 0.0480. The summed E-state index contributed by atoms with van der Waals surface area (Å²) in [6.07, 6.45) is 4.89. The maximum Gasteiger partial charge on any atom is 0.262 e. The van der Waals surface area contributed by atoms with E-state index < -0.39 is 10.0 Å². The molecule has 1 aromatic heterocycles. The van der Waals surface area contributed by atoms with Crippen molar-refractivity contribution < 1.29 is 13.2 Å². The first-order valence-electron chi connectivity index (χ1n) is 8.78. The number of imidazole rings is 1. The van der Waals surface area contributed by atoms with Crippen LogP contribution in [0.1, 0.15) is 25.3 Å². The minimum Gasteiger partial charge on any atom is -0.339 e. The highest BCUT2D eigenvalue weighted by Gasteiger charge is 2.33. The molecule has 0 bridgehead atoms. The quantitative estimate of drug-likeness (QED) is 0.865. The van der Waals surface area contributed by atoms with Crippen molar-refractivity contribution in [2.24, 2.45) is 13.0 Å². The Labute approximate surface area is 154 Å². The summed E-state index contributed by atoms with van der Waals surface area (Å²) in [6.45, 7) is 2.72. The number of carbonyl (C=O) groups is 1. The van der Waals surface area contributed by atoms with Crippen LogP contribution in [0.2, 0.25) is 0 Å². The fourth-order valence-electron chi connectivity index (χ4n) is 3.13. The number of carbonyl (C=O) groups excluding carboxylic acids is 1. The Morgan fingerprint density at radius 1 is 1.31 bits per heavy atom. The van der Waals surface area contributed by atoms with E-state index in [0.717, 1.165) is 12.1 Å². The number of amides is 1. The van der Waals surface area contributed by atoms with E-state index in [1.807, 2.05) is 24.3 Å². The molecule has 2 aromatic rings. The van der Waals surface area contributed by atoms with Crippen LogP contribution in [0, 0.1) is 5.92 Å². The second-order valence-electron chi connectivity index (χ2n) is 6.60. The Hall–Kier alpha value is -2.19. The second kappa shape index (κ2) is 7.59. The molecule has 0 unspecified atom stereocenters. The highest BCUT2D eigenvalue weighted by Crippen LogP contribution is 2.24. The monoisotopic (exact) mass is 376 g/mol. The molecule has 0 atom stereocenters. The second-order valence-corrected chi connectivity index (χ2v) is 8.48. The molecule has 1 aliphatic heterocycles. The summed E-state index contributed by atoms with van der Waals surface area (Å²) in [6, 6.07) is 7.80. The lowest BCUT2D eigenvalue weighted by Gasteiger charge is -2.29. The number of sulfonamides is 1. The first-order chi connectivity index (χ1) is 12.4. The van der Waals surface area contributed by atoms with Crippen molar-refractivity contribution in [1.29, 1.82) is 0 Å². The maximum atomic E-state index is 12.6. The van der Waals surface area contributed by atoms with E-state index in [-0.39, 0.29) is 16.9 Å². The van der Waals surface area contributed by atoms with Gasteiger partial charge < -0.3 is 9.88 Å². The van der Waals surface area contributed by atoms with Crippen molar-refractivity contribution >= 4 is 21.6 Å². The molecular formula is C18H24N4O3S. The average Bonchev–Trinajstić information content (AvgIpc) is 3.09. The SMILES string of the molecule is CCc1cccc(NC(=O)C2CCN(S(=O)(=O)c3cn(C)cn3)CC2)c1. The van der Waals surface area contributed by atoms with Gasteiger partial charge in [-0.2, -0.15) is 4.31 Å². The molecule has 1 saturated heterocycles. The number of nitrogens with zero attached hydrogens (tertiary/aromatic N) is 3. The summed E-state index contributed by atoms with van der Waals surface area (Å²) >= 11 is 0. The smallest absolute Gasteiger partial charge is 0.262 e. The van der Waals surface area contributed by atoms with Crippen molar-refractivity contribution in [3.63, 3.8) is 0 Å². The third-order valence-electron chi connectivity index (χ3n) is 4.71. The summed E-state index contributed by atoms with van der Waals surface area (Å²) in [5.74, 6) is -0.233. The molecule has 2 heterocycles. The van der Waals surface area contributed by atoms with Gasteiger partial charge in [0.25, 0.3) is 10.0 Å². The molecule has 7 nitrogen and oxygen atoms in total. The fourth-order valence-corrected chi connectivity index (χ4v) is 4.56. The van der Waals surface area contributed by atoms with Crippen LogP contribution in [-0.2, 0) is 28.3 Å². The summed E-state index contributed by atoms with van der Waals surface area (Å²) in [5.41, 5.74) is 1.96. The first kappa shape index (κ1) is 18.6. The van der Waals surface area contributed by atoms with Crippen molar-refractivity contribution in [1.82, 2.24) is 13.9 Å². The Morgan fingerprint density at radius 3 is 2.65 bits per heavy atom. The largest absolute Gasteiger partial charge is 0.339 e. The van der Waals surface area contributed by atoms with Gasteiger partial charge in [0.2, 0.25) is 5.91 Å². The fraction of sp³-hybridized carbons (Fsp3) is 0.444.